The maximum Gasteiger partial charge on any atom is 0.259 e. The van der Waals surface area contributed by atoms with Gasteiger partial charge in [0.25, 0.3) is 5.91 Å². The van der Waals surface area contributed by atoms with Crippen LogP contribution in [0.5, 0.6) is 0 Å². The number of rotatable bonds is 5. The van der Waals surface area contributed by atoms with Crippen molar-refractivity contribution >= 4 is 11.6 Å². The molecule has 4 nitrogen and oxygen atoms in total. The number of benzene rings is 1. The maximum absolute atomic E-state index is 12.1. The van der Waals surface area contributed by atoms with Gasteiger partial charge in [-0.2, -0.15) is 0 Å². The van der Waals surface area contributed by atoms with Crippen molar-refractivity contribution in [3.8, 4) is 0 Å². The fourth-order valence-corrected chi connectivity index (χ4v) is 2.03. The summed E-state index contributed by atoms with van der Waals surface area (Å²) >= 11 is 0. The average molecular weight is 272 g/mol. The summed E-state index contributed by atoms with van der Waals surface area (Å²) in [6.45, 7) is 7.48. The molecule has 0 saturated heterocycles. The predicted octanol–water partition coefficient (Wildman–Crippen LogP) is 3.26. The SMILES string of the molecule is CCNCc1ccc(NC(=O)c2cc(C)oc2C)cc1. The van der Waals surface area contributed by atoms with Gasteiger partial charge >= 0.3 is 0 Å². The molecule has 1 heterocycles. The van der Waals surface area contributed by atoms with E-state index in [1.165, 1.54) is 5.56 Å². The van der Waals surface area contributed by atoms with E-state index in [1.807, 2.05) is 31.2 Å². The molecule has 0 saturated carbocycles. The van der Waals surface area contributed by atoms with E-state index in [-0.39, 0.29) is 5.91 Å². The molecule has 4 heteroatoms. The summed E-state index contributed by atoms with van der Waals surface area (Å²) < 4.78 is 5.37. The fraction of sp³-hybridized carbons (Fsp3) is 0.312. The molecular formula is C16H20N2O2. The second-order valence-electron chi connectivity index (χ2n) is 4.76. The van der Waals surface area contributed by atoms with Crippen LogP contribution < -0.4 is 10.6 Å². The topological polar surface area (TPSA) is 54.3 Å². The number of carbonyl (C=O) groups excluding carboxylic acids is 1. The lowest BCUT2D eigenvalue weighted by Gasteiger charge is -2.06. The zero-order valence-corrected chi connectivity index (χ0v) is 12.1. The highest BCUT2D eigenvalue weighted by Gasteiger charge is 2.13. The molecule has 1 aromatic carbocycles. The number of nitrogens with one attached hydrogen (secondary N) is 2. The van der Waals surface area contributed by atoms with Crippen molar-refractivity contribution in [1.82, 2.24) is 5.32 Å². The minimum absolute atomic E-state index is 0.140. The van der Waals surface area contributed by atoms with Gasteiger partial charge in [-0.25, -0.2) is 0 Å². The Kier molecular flexibility index (Phi) is 4.58. The summed E-state index contributed by atoms with van der Waals surface area (Å²) in [7, 11) is 0. The van der Waals surface area contributed by atoms with Crippen LogP contribution in [0.25, 0.3) is 0 Å². The number of hydrogen-bond acceptors (Lipinski definition) is 3. The molecule has 0 bridgehead atoms. The van der Waals surface area contributed by atoms with Gasteiger partial charge in [0.1, 0.15) is 11.5 Å². The van der Waals surface area contributed by atoms with Gasteiger partial charge in [-0.15, -0.1) is 0 Å². The number of amides is 1. The van der Waals surface area contributed by atoms with Gasteiger partial charge in [0.15, 0.2) is 0 Å². The molecule has 1 aromatic heterocycles. The minimum Gasteiger partial charge on any atom is -0.466 e. The van der Waals surface area contributed by atoms with Crippen molar-refractivity contribution in [1.29, 1.82) is 0 Å². The van der Waals surface area contributed by atoms with Crippen LogP contribution in [0.2, 0.25) is 0 Å². The zero-order valence-electron chi connectivity index (χ0n) is 12.1. The van der Waals surface area contributed by atoms with Gasteiger partial charge in [-0.3, -0.25) is 4.79 Å². The molecule has 0 atom stereocenters. The second kappa shape index (κ2) is 6.39. The number of aryl methyl sites for hydroxylation is 2. The van der Waals surface area contributed by atoms with Gasteiger partial charge < -0.3 is 15.1 Å². The summed E-state index contributed by atoms with van der Waals surface area (Å²) in [5.41, 5.74) is 2.56. The highest BCUT2D eigenvalue weighted by molar-refractivity contribution is 6.05. The third-order valence-electron chi connectivity index (χ3n) is 3.08. The number of carbonyl (C=O) groups is 1. The van der Waals surface area contributed by atoms with Crippen molar-refractivity contribution in [2.45, 2.75) is 27.3 Å². The first kappa shape index (κ1) is 14.3. The summed E-state index contributed by atoms with van der Waals surface area (Å²) in [6, 6.07) is 9.58. The summed E-state index contributed by atoms with van der Waals surface area (Å²) in [5.74, 6) is 1.25. The minimum atomic E-state index is -0.140. The first-order valence-electron chi connectivity index (χ1n) is 6.78. The molecule has 0 aliphatic rings. The van der Waals surface area contributed by atoms with Gasteiger partial charge in [0.05, 0.1) is 5.56 Å². The quantitative estimate of drug-likeness (QED) is 0.878. The summed E-state index contributed by atoms with van der Waals surface area (Å²) in [6.07, 6.45) is 0. The van der Waals surface area contributed by atoms with Crippen LogP contribution in [0.4, 0.5) is 5.69 Å². The molecule has 0 aliphatic carbocycles. The van der Waals surface area contributed by atoms with Crippen molar-refractivity contribution in [2.24, 2.45) is 0 Å². The summed E-state index contributed by atoms with van der Waals surface area (Å²) in [4.78, 5) is 12.1. The van der Waals surface area contributed by atoms with Crippen LogP contribution in [0.1, 0.15) is 34.4 Å². The van der Waals surface area contributed by atoms with E-state index in [2.05, 4.69) is 17.6 Å². The Morgan fingerprint density at radius 3 is 2.45 bits per heavy atom. The van der Waals surface area contributed by atoms with E-state index in [9.17, 15) is 4.79 Å². The van der Waals surface area contributed by atoms with Crippen LogP contribution >= 0.6 is 0 Å². The molecule has 106 valence electrons. The van der Waals surface area contributed by atoms with Crippen LogP contribution in [0.15, 0.2) is 34.7 Å². The Bertz CT molecular complexity index is 585. The Morgan fingerprint density at radius 1 is 1.20 bits per heavy atom. The molecule has 0 radical (unpaired) electrons. The van der Waals surface area contributed by atoms with E-state index in [1.54, 1.807) is 13.0 Å². The highest BCUT2D eigenvalue weighted by Crippen LogP contribution is 2.16. The molecule has 0 fully saturated rings. The van der Waals surface area contributed by atoms with Crippen molar-refractivity contribution in [2.75, 3.05) is 11.9 Å². The Balaban J connectivity index is 2.02. The number of hydrogen-bond donors (Lipinski definition) is 2. The number of anilines is 1. The first-order valence-corrected chi connectivity index (χ1v) is 6.78. The Hall–Kier alpha value is -2.07. The smallest absolute Gasteiger partial charge is 0.259 e. The van der Waals surface area contributed by atoms with Gasteiger partial charge in [-0.05, 0) is 44.2 Å². The van der Waals surface area contributed by atoms with E-state index in [4.69, 9.17) is 4.42 Å². The maximum atomic E-state index is 12.1. The van der Waals surface area contributed by atoms with Gasteiger partial charge in [0.2, 0.25) is 0 Å². The number of furan rings is 1. The van der Waals surface area contributed by atoms with E-state index < -0.39 is 0 Å². The molecule has 0 spiro atoms. The molecule has 0 aliphatic heterocycles. The van der Waals surface area contributed by atoms with Crippen LogP contribution in [0, 0.1) is 13.8 Å². The Labute approximate surface area is 119 Å². The molecule has 2 aromatic rings. The van der Waals surface area contributed by atoms with E-state index in [0.717, 1.165) is 24.5 Å². The highest BCUT2D eigenvalue weighted by atomic mass is 16.3. The van der Waals surface area contributed by atoms with Gasteiger partial charge in [-0.1, -0.05) is 19.1 Å². The lowest BCUT2D eigenvalue weighted by molar-refractivity contribution is 0.102. The van der Waals surface area contributed by atoms with Crippen LogP contribution in [0.3, 0.4) is 0 Å². The Morgan fingerprint density at radius 2 is 1.90 bits per heavy atom. The monoisotopic (exact) mass is 272 g/mol. The van der Waals surface area contributed by atoms with Crippen molar-refractivity contribution in [3.63, 3.8) is 0 Å². The molecule has 2 N–H and O–H groups in total. The van der Waals surface area contributed by atoms with E-state index >= 15 is 0 Å². The largest absolute Gasteiger partial charge is 0.466 e. The standard InChI is InChI=1S/C16H20N2O2/c1-4-17-10-13-5-7-14(8-6-13)18-16(19)15-9-11(2)20-12(15)3/h5-9,17H,4,10H2,1-3H3,(H,18,19). The molecule has 0 unspecified atom stereocenters. The molecule has 2 rings (SSSR count). The first-order chi connectivity index (χ1) is 9.60. The zero-order chi connectivity index (χ0) is 14.5. The third-order valence-corrected chi connectivity index (χ3v) is 3.08. The average Bonchev–Trinajstić information content (AvgIpc) is 2.77. The lowest BCUT2D eigenvalue weighted by atomic mass is 10.2. The van der Waals surface area contributed by atoms with Crippen molar-refractivity contribution < 1.29 is 9.21 Å². The lowest BCUT2D eigenvalue weighted by Crippen LogP contribution is -2.13. The van der Waals surface area contributed by atoms with Crippen molar-refractivity contribution in [3.05, 3.63) is 53.0 Å². The second-order valence-corrected chi connectivity index (χ2v) is 4.76. The molecule has 1 amide bonds. The fourth-order valence-electron chi connectivity index (χ4n) is 2.03. The molecular weight excluding hydrogens is 252 g/mol. The normalized spacial score (nSPS) is 10.6. The predicted molar refractivity (Wildman–Crippen MR) is 80.0 cm³/mol. The van der Waals surface area contributed by atoms with Crippen LogP contribution in [-0.2, 0) is 6.54 Å². The third kappa shape index (κ3) is 3.48. The van der Waals surface area contributed by atoms with E-state index in [0.29, 0.717) is 11.3 Å². The van der Waals surface area contributed by atoms with Gasteiger partial charge in [0, 0.05) is 12.2 Å². The summed E-state index contributed by atoms with van der Waals surface area (Å²) in [5, 5.41) is 6.14. The molecule has 20 heavy (non-hydrogen) atoms. The van der Waals surface area contributed by atoms with Crippen LogP contribution in [-0.4, -0.2) is 12.5 Å².